The lowest BCUT2D eigenvalue weighted by molar-refractivity contribution is -0.131. The first-order valence-corrected chi connectivity index (χ1v) is 12.7. The summed E-state index contributed by atoms with van der Waals surface area (Å²) in [5, 5.41) is 4.30. The quantitative estimate of drug-likeness (QED) is 0.256. The second-order valence-corrected chi connectivity index (χ2v) is 9.37. The second-order valence-electron chi connectivity index (χ2n) is 8.56. The smallest absolute Gasteiger partial charge is 0.293 e. The van der Waals surface area contributed by atoms with Crippen LogP contribution in [0, 0.1) is 0 Å². The van der Waals surface area contributed by atoms with Gasteiger partial charge in [-0.25, -0.2) is 4.98 Å². The fraction of sp³-hybridized carbons (Fsp3) is 0.308. The first-order valence-electron chi connectivity index (χ1n) is 12.0. The molecule has 0 spiro atoms. The summed E-state index contributed by atoms with van der Waals surface area (Å²) in [6.45, 7) is 1.50. The number of hydrogen-bond acceptors (Lipinski definition) is 8. The molecule has 3 aromatic heterocycles. The molecule has 0 atom stereocenters. The fourth-order valence-electron chi connectivity index (χ4n) is 3.77. The Labute approximate surface area is 234 Å². The lowest BCUT2D eigenvalue weighted by Crippen LogP contribution is -2.32. The number of hydrogen-bond donors (Lipinski definition) is 1. The monoisotopic (exact) mass is 574 g/mol. The van der Waals surface area contributed by atoms with Crippen molar-refractivity contribution >= 4 is 51.8 Å². The number of halogens is 2. The Bertz CT molecular complexity index is 1500. The molecule has 11 nitrogen and oxygen atoms in total. The molecule has 0 saturated heterocycles. The summed E-state index contributed by atoms with van der Waals surface area (Å²) < 4.78 is 12.9. The number of aromatic nitrogens is 4. The van der Waals surface area contributed by atoms with Crippen LogP contribution in [-0.4, -0.2) is 77.7 Å². The van der Waals surface area contributed by atoms with Gasteiger partial charge in [-0.1, -0.05) is 29.3 Å². The Kier molecular flexibility index (Phi) is 9.41. The SMILES string of the molecule is COCCOn1c(=O)c(-c2c(Cl)cccc2Cl)cc2cnc(Nc3ccn(CC(=O)N(C)CCOC)c3)nc21. The number of ether oxygens (including phenoxy) is 2. The van der Waals surface area contributed by atoms with Gasteiger partial charge in [-0.15, -0.1) is 4.73 Å². The highest BCUT2D eigenvalue weighted by Gasteiger charge is 2.19. The molecule has 0 saturated carbocycles. The maximum absolute atomic E-state index is 13.5. The van der Waals surface area contributed by atoms with E-state index in [1.807, 2.05) is 0 Å². The zero-order chi connectivity index (χ0) is 27.9. The fourth-order valence-corrected chi connectivity index (χ4v) is 4.37. The zero-order valence-corrected chi connectivity index (χ0v) is 23.2. The lowest BCUT2D eigenvalue weighted by atomic mass is 10.1. The van der Waals surface area contributed by atoms with Gasteiger partial charge in [0.05, 0.1) is 34.5 Å². The molecule has 0 bridgehead atoms. The minimum atomic E-state index is -0.486. The second kappa shape index (κ2) is 12.9. The van der Waals surface area contributed by atoms with Crippen LogP contribution < -0.4 is 15.7 Å². The van der Waals surface area contributed by atoms with Crippen LogP contribution in [0.5, 0.6) is 0 Å². The van der Waals surface area contributed by atoms with Gasteiger partial charge in [0.25, 0.3) is 5.56 Å². The van der Waals surface area contributed by atoms with E-state index in [0.29, 0.717) is 39.8 Å². The Morgan fingerprint density at radius 2 is 1.85 bits per heavy atom. The maximum atomic E-state index is 13.5. The number of methoxy groups -OCH3 is 2. The normalized spacial score (nSPS) is 11.1. The third-order valence-electron chi connectivity index (χ3n) is 5.82. The van der Waals surface area contributed by atoms with Gasteiger partial charge in [0.15, 0.2) is 5.65 Å². The standard InChI is InChI=1S/C26H28Cl2N6O5/c1-32(9-10-37-2)22(35)16-33-8-7-18(15-33)30-26-29-14-17-13-19(23-20(27)5-4-6-21(23)28)25(36)34(24(17)31-26)39-12-11-38-3/h4-8,13-15H,9-12,16H2,1-3H3,(H,29,30,31). The third-order valence-corrected chi connectivity index (χ3v) is 6.45. The Balaban J connectivity index is 1.64. The highest BCUT2D eigenvalue weighted by Crippen LogP contribution is 2.33. The van der Waals surface area contributed by atoms with Crippen molar-refractivity contribution in [1.82, 2.24) is 24.2 Å². The molecule has 1 aromatic carbocycles. The van der Waals surface area contributed by atoms with Crippen LogP contribution in [0.1, 0.15) is 0 Å². The van der Waals surface area contributed by atoms with Crippen molar-refractivity contribution in [3.8, 4) is 11.1 Å². The predicted molar refractivity (Wildman–Crippen MR) is 150 cm³/mol. The van der Waals surface area contributed by atoms with Crippen molar-refractivity contribution < 1.29 is 19.1 Å². The summed E-state index contributed by atoms with van der Waals surface area (Å²) in [4.78, 5) is 42.2. The van der Waals surface area contributed by atoms with Gasteiger partial charge in [0.1, 0.15) is 13.2 Å². The Hall–Kier alpha value is -3.64. The molecule has 39 heavy (non-hydrogen) atoms. The molecule has 206 valence electrons. The van der Waals surface area contributed by atoms with E-state index in [4.69, 9.17) is 37.5 Å². The van der Waals surface area contributed by atoms with Gasteiger partial charge in [-0.3, -0.25) is 9.59 Å². The molecule has 4 aromatic rings. The summed E-state index contributed by atoms with van der Waals surface area (Å²) in [5.41, 5.74) is 1.06. The molecule has 0 fully saturated rings. The molecule has 0 aliphatic heterocycles. The number of nitrogens with one attached hydrogen (secondary N) is 1. The summed E-state index contributed by atoms with van der Waals surface area (Å²) in [7, 11) is 4.85. The Morgan fingerprint density at radius 3 is 2.56 bits per heavy atom. The van der Waals surface area contributed by atoms with E-state index in [0.717, 1.165) is 4.73 Å². The molecule has 0 unspecified atom stereocenters. The minimum absolute atomic E-state index is 0.0530. The van der Waals surface area contributed by atoms with Gasteiger partial charge in [-0.05, 0) is 24.3 Å². The van der Waals surface area contributed by atoms with Crippen LogP contribution in [0.25, 0.3) is 22.2 Å². The summed E-state index contributed by atoms with van der Waals surface area (Å²) in [5.74, 6) is 0.179. The molecule has 4 rings (SSSR count). The number of rotatable bonds is 12. The van der Waals surface area contributed by atoms with Crippen molar-refractivity contribution in [2.45, 2.75) is 6.54 Å². The topological polar surface area (TPSA) is 113 Å². The highest BCUT2D eigenvalue weighted by molar-refractivity contribution is 6.39. The van der Waals surface area contributed by atoms with Crippen LogP contribution in [0.15, 0.2) is 53.7 Å². The van der Waals surface area contributed by atoms with E-state index in [1.165, 1.54) is 7.11 Å². The Morgan fingerprint density at radius 1 is 1.10 bits per heavy atom. The molecule has 1 N–H and O–H groups in total. The summed E-state index contributed by atoms with van der Waals surface area (Å²) >= 11 is 12.8. The van der Waals surface area contributed by atoms with E-state index in [-0.39, 0.29) is 42.8 Å². The number of carbonyl (C=O) groups is 1. The van der Waals surface area contributed by atoms with Crippen LogP contribution in [0.3, 0.4) is 0 Å². The number of nitrogens with zero attached hydrogens (tertiary/aromatic N) is 5. The first kappa shape index (κ1) is 28.4. The van der Waals surface area contributed by atoms with Gasteiger partial charge >= 0.3 is 0 Å². The van der Waals surface area contributed by atoms with Gasteiger partial charge in [0, 0.05) is 57.4 Å². The summed E-state index contributed by atoms with van der Waals surface area (Å²) in [6.07, 6.45) is 5.11. The maximum Gasteiger partial charge on any atom is 0.293 e. The number of likely N-dealkylation sites (N-methyl/N-ethyl adjacent to an activating group) is 1. The van der Waals surface area contributed by atoms with Gasteiger partial charge in [0.2, 0.25) is 11.9 Å². The van der Waals surface area contributed by atoms with Crippen molar-refractivity contribution in [2.75, 3.05) is 52.9 Å². The van der Waals surface area contributed by atoms with Crippen LogP contribution in [0.4, 0.5) is 11.6 Å². The molecular weight excluding hydrogens is 547 g/mol. The average molecular weight is 575 g/mol. The number of amides is 1. The van der Waals surface area contributed by atoms with E-state index in [9.17, 15) is 9.59 Å². The van der Waals surface area contributed by atoms with Crippen LogP contribution >= 0.6 is 23.2 Å². The van der Waals surface area contributed by atoms with Crippen molar-refractivity contribution in [3.05, 3.63) is 69.3 Å². The van der Waals surface area contributed by atoms with Crippen molar-refractivity contribution in [1.29, 1.82) is 0 Å². The molecule has 13 heteroatoms. The lowest BCUT2D eigenvalue weighted by Gasteiger charge is -2.16. The first-order chi connectivity index (χ1) is 18.8. The van der Waals surface area contributed by atoms with E-state index in [2.05, 4.69) is 15.3 Å². The molecule has 1 amide bonds. The average Bonchev–Trinajstić information content (AvgIpc) is 3.35. The van der Waals surface area contributed by atoms with E-state index in [1.54, 1.807) is 72.5 Å². The third kappa shape index (κ3) is 6.69. The predicted octanol–water partition coefficient (Wildman–Crippen LogP) is 3.49. The van der Waals surface area contributed by atoms with Gasteiger partial charge in [-0.2, -0.15) is 4.98 Å². The number of pyridine rings is 1. The van der Waals surface area contributed by atoms with E-state index < -0.39 is 5.56 Å². The highest BCUT2D eigenvalue weighted by atomic mass is 35.5. The molecule has 0 radical (unpaired) electrons. The largest absolute Gasteiger partial charge is 0.406 e. The van der Waals surface area contributed by atoms with Crippen molar-refractivity contribution in [3.63, 3.8) is 0 Å². The molecule has 0 aliphatic carbocycles. The van der Waals surface area contributed by atoms with Crippen LogP contribution in [-0.2, 0) is 20.8 Å². The number of benzene rings is 1. The van der Waals surface area contributed by atoms with Crippen molar-refractivity contribution in [2.24, 2.45) is 0 Å². The molecule has 3 heterocycles. The summed E-state index contributed by atoms with van der Waals surface area (Å²) in [6, 6.07) is 8.44. The molecule has 0 aliphatic rings. The zero-order valence-electron chi connectivity index (χ0n) is 21.7. The minimum Gasteiger partial charge on any atom is -0.406 e. The number of fused-ring (bicyclic) bond motifs is 1. The van der Waals surface area contributed by atoms with E-state index >= 15 is 0 Å². The number of anilines is 2. The molecular formula is C26H28Cl2N6O5. The van der Waals surface area contributed by atoms with Gasteiger partial charge < -0.3 is 29.1 Å². The number of carbonyl (C=O) groups excluding carboxylic acids is 1. The van der Waals surface area contributed by atoms with Crippen LogP contribution in [0.2, 0.25) is 10.0 Å².